The number of aromatic nitrogens is 4. The molecule has 2 heterocycles. The van der Waals surface area contributed by atoms with Gasteiger partial charge in [0.2, 0.25) is 0 Å². The van der Waals surface area contributed by atoms with Gasteiger partial charge in [0.15, 0.2) is 0 Å². The normalized spacial score (nSPS) is 18.8. The molecule has 3 fully saturated rings. The number of halogens is 4. The van der Waals surface area contributed by atoms with Gasteiger partial charge in [0.05, 0.1) is 62.9 Å². The molecule has 0 unspecified atom stereocenters. The highest BCUT2D eigenvalue weighted by molar-refractivity contribution is 7.93. The van der Waals surface area contributed by atoms with Gasteiger partial charge in [-0.2, -0.15) is 0 Å². The number of likely N-dealkylation sites (N-methyl/N-ethyl adjacent to an activating group) is 2. The summed E-state index contributed by atoms with van der Waals surface area (Å²) in [4.78, 5) is 19.4. The Bertz CT molecular complexity index is 4200. The van der Waals surface area contributed by atoms with Gasteiger partial charge >= 0.3 is 0 Å². The average molecular weight is 1390 g/mol. The van der Waals surface area contributed by atoms with Crippen LogP contribution in [-0.2, 0) is 39.6 Å². The lowest BCUT2D eigenvalue weighted by atomic mass is 9.77. The summed E-state index contributed by atoms with van der Waals surface area (Å²) in [6.45, 7) is 1.80. The molecule has 0 radical (unpaired) electrons. The first-order chi connectivity index (χ1) is 46.1. The molecule has 6 atom stereocenters. The molecule has 3 aliphatic rings. The molecular formula is C72H84Cl2F2N10O8S2. The summed E-state index contributed by atoms with van der Waals surface area (Å²) >= 11 is 13.5. The lowest BCUT2D eigenvalue weighted by Crippen LogP contribution is -2.47. The molecular weight excluding hydrogens is 1310 g/mol. The Balaban J connectivity index is 0.000000209. The summed E-state index contributed by atoms with van der Waals surface area (Å²) < 4.78 is 112. The molecule has 2 N–H and O–H groups in total. The minimum absolute atomic E-state index is 0.0118. The fourth-order valence-corrected chi connectivity index (χ4v) is 16.7. The van der Waals surface area contributed by atoms with Crippen molar-refractivity contribution in [2.45, 2.75) is 136 Å². The van der Waals surface area contributed by atoms with Crippen molar-refractivity contribution in [1.82, 2.24) is 29.7 Å². The molecule has 510 valence electrons. The van der Waals surface area contributed by atoms with E-state index >= 15 is 8.78 Å². The van der Waals surface area contributed by atoms with E-state index in [2.05, 4.69) is 110 Å². The number of hydrogen-bond donors (Lipinski definition) is 2. The Labute approximate surface area is 573 Å². The predicted molar refractivity (Wildman–Crippen MR) is 375 cm³/mol. The van der Waals surface area contributed by atoms with Crippen LogP contribution in [0.15, 0.2) is 156 Å². The zero-order chi connectivity index (χ0) is 68.4. The van der Waals surface area contributed by atoms with Gasteiger partial charge in [0, 0.05) is 72.0 Å². The van der Waals surface area contributed by atoms with E-state index in [1.165, 1.54) is 125 Å². The zero-order valence-electron chi connectivity index (χ0n) is 55.6. The predicted octanol–water partition coefficient (Wildman–Crippen LogP) is 14.6. The standard InChI is InChI=1S/C36H41ClFN5O4S.C36H43ClFN5O4S/c1-42(2)33-17-26(25-7-5-6-24(16-25)23-8-9-23)11-13-31(33)41-32-20-30(38)35(19-29(32)37)48(44,45)43(36-14-15-39-22-40-36)21-27-10-12-28(46-3)18-34(27)47-4;1-6-8-24-9-7-10-25(17-24)26-12-14-31(33(18-26)42(2)3)41-32-21-30(38)35(20-29(32)37)48(44,45)43(36-15-16-39-23-40-36)22-27-11-13-28(46-4)19-34(27)47-5/h5-7,10,12,14-16,18-20,22-23,26,31,33,41H,8-9,11,13,17,21H2,1-4H3;7,9-11,13,15-17,19-21,23,26,31,33,41H,6,8,12,14,18,22H2,1-5H3/t2*26-,31-,33-/m00/s1. The highest BCUT2D eigenvalue weighted by Gasteiger charge is 2.38. The second kappa shape index (κ2) is 31.6. The van der Waals surface area contributed by atoms with Gasteiger partial charge in [-0.25, -0.2) is 54.2 Å². The van der Waals surface area contributed by atoms with E-state index in [1.807, 2.05) is 14.1 Å². The maximum atomic E-state index is 16.0. The van der Waals surface area contributed by atoms with Crippen molar-refractivity contribution in [3.05, 3.63) is 201 Å². The molecule has 3 saturated carbocycles. The number of nitrogens with zero attached hydrogens (tertiary/aromatic N) is 8. The molecule has 0 spiro atoms. The van der Waals surface area contributed by atoms with Gasteiger partial charge in [-0.05, 0) is 175 Å². The number of sulfonamides is 2. The fourth-order valence-electron chi connectivity index (χ4n) is 13.2. The third-order valence-corrected chi connectivity index (χ3v) is 22.6. The molecule has 0 saturated heterocycles. The van der Waals surface area contributed by atoms with Crippen molar-refractivity contribution >= 4 is 66.3 Å². The SMILES string of the molecule is CCCc1cccc([C@H]2CC[C@H](Nc3cc(F)c(S(=O)(=O)N(Cc4ccc(OC)cc4OC)c4ccncn4)cc3Cl)[C@@H](N(C)C)C2)c1.COc1ccc(CN(c2ccncn2)S(=O)(=O)c2cc(Cl)c(N[C@H]3CC[C@H](c4cccc(C5CC5)c4)C[C@@H]3N(C)C)cc2F)c(OC)c1. The van der Waals surface area contributed by atoms with Crippen LogP contribution in [0.4, 0.5) is 31.8 Å². The first-order valence-electron chi connectivity index (χ1n) is 32.2. The summed E-state index contributed by atoms with van der Waals surface area (Å²) in [5.74, 6) is 1.70. The maximum absolute atomic E-state index is 16.0. The van der Waals surface area contributed by atoms with E-state index in [0.717, 1.165) is 60.0 Å². The maximum Gasteiger partial charge on any atom is 0.268 e. The smallest absolute Gasteiger partial charge is 0.268 e. The lowest BCUT2D eigenvalue weighted by Gasteiger charge is -2.41. The quantitative estimate of drug-likeness (QED) is 0.0548. The third kappa shape index (κ3) is 16.6. The van der Waals surface area contributed by atoms with Crippen molar-refractivity contribution in [3.8, 4) is 23.0 Å². The second-order valence-electron chi connectivity index (χ2n) is 25.1. The molecule has 2 aromatic heterocycles. The number of aryl methyl sites for hydroxylation is 1. The number of methoxy groups -OCH3 is 4. The second-order valence-corrected chi connectivity index (χ2v) is 29.5. The Morgan fingerprint density at radius 1 is 0.521 bits per heavy atom. The summed E-state index contributed by atoms with van der Waals surface area (Å²) in [6.07, 6.45) is 15.5. The highest BCUT2D eigenvalue weighted by atomic mass is 35.5. The monoisotopic (exact) mass is 1390 g/mol. The van der Waals surface area contributed by atoms with Crippen molar-refractivity contribution in [2.24, 2.45) is 0 Å². The van der Waals surface area contributed by atoms with Gasteiger partial charge in [-0.15, -0.1) is 0 Å². The number of nitrogens with one attached hydrogen (secondary N) is 2. The van der Waals surface area contributed by atoms with Gasteiger partial charge < -0.3 is 39.4 Å². The molecule has 3 aliphatic carbocycles. The largest absolute Gasteiger partial charge is 0.497 e. The molecule has 0 amide bonds. The first-order valence-corrected chi connectivity index (χ1v) is 35.8. The van der Waals surface area contributed by atoms with E-state index < -0.39 is 41.5 Å². The van der Waals surface area contributed by atoms with Crippen LogP contribution in [0.3, 0.4) is 0 Å². The van der Waals surface area contributed by atoms with E-state index in [1.54, 1.807) is 36.4 Å². The van der Waals surface area contributed by atoms with Crippen molar-refractivity contribution in [3.63, 3.8) is 0 Å². The van der Waals surface area contributed by atoms with Crippen LogP contribution in [0, 0.1) is 11.6 Å². The van der Waals surface area contributed by atoms with Crippen LogP contribution in [0.5, 0.6) is 23.0 Å². The van der Waals surface area contributed by atoms with Crippen LogP contribution < -0.4 is 38.2 Å². The molecule has 8 aromatic rings. The van der Waals surface area contributed by atoms with E-state index in [0.29, 0.717) is 63.3 Å². The zero-order valence-corrected chi connectivity index (χ0v) is 58.7. The Hall–Kier alpha value is -7.86. The Morgan fingerprint density at radius 2 is 0.948 bits per heavy atom. The minimum atomic E-state index is -4.51. The van der Waals surface area contributed by atoms with Crippen LogP contribution in [-0.4, -0.2) is 127 Å². The Kier molecular flexibility index (Phi) is 23.3. The molecule has 0 bridgehead atoms. The number of rotatable bonds is 25. The van der Waals surface area contributed by atoms with Crippen LogP contribution in [0.1, 0.15) is 116 Å². The topological polar surface area (TPSA) is 194 Å². The summed E-state index contributed by atoms with van der Waals surface area (Å²) in [5, 5.41) is 7.14. The molecule has 18 nitrogen and oxygen atoms in total. The number of benzene rings is 6. The van der Waals surface area contributed by atoms with Crippen molar-refractivity contribution in [2.75, 3.05) is 75.9 Å². The molecule has 6 aromatic carbocycles. The molecule has 11 rings (SSSR count). The Morgan fingerprint density at radius 3 is 1.34 bits per heavy atom. The van der Waals surface area contributed by atoms with Gasteiger partial charge in [-0.1, -0.05) is 85.1 Å². The minimum Gasteiger partial charge on any atom is -0.497 e. The lowest BCUT2D eigenvalue weighted by molar-refractivity contribution is 0.196. The summed E-state index contributed by atoms with van der Waals surface area (Å²) in [5.41, 5.74) is 7.27. The van der Waals surface area contributed by atoms with Gasteiger partial charge in [0.25, 0.3) is 20.0 Å². The number of hydrogen-bond acceptors (Lipinski definition) is 16. The average Bonchev–Trinajstić information content (AvgIpc) is 1.30. The molecule has 24 heteroatoms. The van der Waals surface area contributed by atoms with Gasteiger partial charge in [-0.3, -0.25) is 0 Å². The van der Waals surface area contributed by atoms with Crippen molar-refractivity contribution in [1.29, 1.82) is 0 Å². The summed E-state index contributed by atoms with van der Waals surface area (Å²) in [7, 11) is 5.21. The van der Waals surface area contributed by atoms with E-state index in [-0.39, 0.29) is 58.9 Å². The van der Waals surface area contributed by atoms with Crippen LogP contribution in [0.2, 0.25) is 10.0 Å². The number of anilines is 4. The van der Waals surface area contributed by atoms with E-state index in [4.69, 9.17) is 42.1 Å². The van der Waals surface area contributed by atoms with Crippen LogP contribution >= 0.6 is 23.2 Å². The number of ether oxygens (including phenoxy) is 4. The molecule has 96 heavy (non-hydrogen) atoms. The van der Waals surface area contributed by atoms with E-state index in [9.17, 15) is 16.8 Å². The summed E-state index contributed by atoms with van der Waals surface area (Å²) in [6, 6.07) is 35.8. The highest BCUT2D eigenvalue weighted by Crippen LogP contribution is 2.45. The van der Waals surface area contributed by atoms with Gasteiger partial charge in [0.1, 0.15) is 68.7 Å². The first kappa shape index (κ1) is 70.9. The third-order valence-electron chi connectivity index (χ3n) is 18.5. The fraction of sp³-hybridized carbons (Fsp3) is 0.389. The molecule has 0 aliphatic heterocycles. The van der Waals surface area contributed by atoms with Crippen molar-refractivity contribution < 1.29 is 44.6 Å². The van der Waals surface area contributed by atoms with Crippen LogP contribution in [0.25, 0.3) is 0 Å².